The van der Waals surface area contributed by atoms with E-state index in [-0.39, 0.29) is 12.2 Å². The summed E-state index contributed by atoms with van der Waals surface area (Å²) < 4.78 is 18.7. The van der Waals surface area contributed by atoms with E-state index in [1.54, 1.807) is 26.0 Å². The second-order valence-corrected chi connectivity index (χ2v) is 4.54. The van der Waals surface area contributed by atoms with Crippen molar-refractivity contribution in [2.24, 2.45) is 0 Å². The number of aromatic carboxylic acids is 1. The van der Waals surface area contributed by atoms with E-state index in [0.717, 1.165) is 17.3 Å². The molecule has 1 heterocycles. The Hall–Kier alpha value is -2.43. The number of hydrogen-bond acceptors (Lipinski definition) is 3. The SMILES string of the molecule is Cc1cc(C(=O)O)cc(C)c1OCc1cncc(F)c1. The van der Waals surface area contributed by atoms with Crippen molar-refractivity contribution < 1.29 is 19.0 Å². The zero-order chi connectivity index (χ0) is 14.7. The van der Waals surface area contributed by atoms with Crippen LogP contribution in [0.2, 0.25) is 0 Å². The Morgan fingerprint density at radius 1 is 1.25 bits per heavy atom. The third kappa shape index (κ3) is 3.12. The molecule has 0 aliphatic heterocycles. The van der Waals surface area contributed by atoms with Crippen molar-refractivity contribution in [1.82, 2.24) is 4.98 Å². The van der Waals surface area contributed by atoms with E-state index in [1.807, 2.05) is 0 Å². The molecule has 1 aromatic heterocycles. The predicted molar refractivity (Wildman–Crippen MR) is 71.4 cm³/mol. The van der Waals surface area contributed by atoms with Gasteiger partial charge < -0.3 is 9.84 Å². The summed E-state index contributed by atoms with van der Waals surface area (Å²) in [6, 6.07) is 4.45. The van der Waals surface area contributed by atoms with Gasteiger partial charge in [-0.05, 0) is 43.2 Å². The van der Waals surface area contributed by atoms with Crippen LogP contribution < -0.4 is 4.74 Å². The zero-order valence-corrected chi connectivity index (χ0v) is 11.2. The molecule has 0 saturated heterocycles. The lowest BCUT2D eigenvalue weighted by Gasteiger charge is -2.13. The average Bonchev–Trinajstić information content (AvgIpc) is 2.37. The molecule has 5 heteroatoms. The Morgan fingerprint density at radius 3 is 2.45 bits per heavy atom. The quantitative estimate of drug-likeness (QED) is 0.931. The lowest BCUT2D eigenvalue weighted by molar-refractivity contribution is 0.0696. The summed E-state index contributed by atoms with van der Waals surface area (Å²) in [5.74, 6) is -0.780. The molecular weight excluding hydrogens is 261 g/mol. The average molecular weight is 275 g/mol. The fraction of sp³-hybridized carbons (Fsp3) is 0.200. The lowest BCUT2D eigenvalue weighted by atomic mass is 10.1. The molecule has 2 aromatic rings. The third-order valence-electron chi connectivity index (χ3n) is 2.85. The second-order valence-electron chi connectivity index (χ2n) is 4.54. The van der Waals surface area contributed by atoms with Crippen molar-refractivity contribution >= 4 is 5.97 Å². The minimum Gasteiger partial charge on any atom is -0.488 e. The second kappa shape index (κ2) is 5.69. The van der Waals surface area contributed by atoms with Crippen LogP contribution in [0.25, 0.3) is 0 Å². The monoisotopic (exact) mass is 275 g/mol. The summed E-state index contributed by atoms with van der Waals surface area (Å²) in [6.07, 6.45) is 2.65. The van der Waals surface area contributed by atoms with Crippen molar-refractivity contribution in [3.8, 4) is 5.75 Å². The highest BCUT2D eigenvalue weighted by atomic mass is 19.1. The number of carboxylic acid groups (broad SMARTS) is 1. The Bertz CT molecular complexity index is 632. The van der Waals surface area contributed by atoms with Gasteiger partial charge in [-0.2, -0.15) is 0 Å². The molecule has 0 atom stereocenters. The largest absolute Gasteiger partial charge is 0.488 e. The number of rotatable bonds is 4. The highest BCUT2D eigenvalue weighted by Crippen LogP contribution is 2.25. The van der Waals surface area contributed by atoms with E-state index in [4.69, 9.17) is 9.84 Å². The molecule has 0 saturated carbocycles. The van der Waals surface area contributed by atoms with Crippen LogP contribution in [0.3, 0.4) is 0 Å². The minimum atomic E-state index is -0.975. The normalized spacial score (nSPS) is 10.3. The van der Waals surface area contributed by atoms with Crippen molar-refractivity contribution in [3.63, 3.8) is 0 Å². The molecule has 2 rings (SSSR count). The fourth-order valence-corrected chi connectivity index (χ4v) is 1.99. The van der Waals surface area contributed by atoms with E-state index in [2.05, 4.69) is 4.98 Å². The zero-order valence-electron chi connectivity index (χ0n) is 11.2. The summed E-state index contributed by atoms with van der Waals surface area (Å²) in [5, 5.41) is 8.97. The first-order valence-corrected chi connectivity index (χ1v) is 6.04. The number of nitrogens with zero attached hydrogens (tertiary/aromatic N) is 1. The molecule has 1 aromatic carbocycles. The van der Waals surface area contributed by atoms with Gasteiger partial charge >= 0.3 is 5.97 Å². The maximum Gasteiger partial charge on any atom is 0.335 e. The number of ether oxygens (including phenoxy) is 1. The van der Waals surface area contributed by atoms with Gasteiger partial charge in [-0.1, -0.05) is 0 Å². The minimum absolute atomic E-state index is 0.179. The van der Waals surface area contributed by atoms with Gasteiger partial charge in [-0.25, -0.2) is 9.18 Å². The molecule has 0 fully saturated rings. The van der Waals surface area contributed by atoms with Gasteiger partial charge in [0.2, 0.25) is 0 Å². The van der Waals surface area contributed by atoms with Gasteiger partial charge in [-0.15, -0.1) is 0 Å². The van der Waals surface area contributed by atoms with Crippen LogP contribution in [0, 0.1) is 19.7 Å². The van der Waals surface area contributed by atoms with Crippen LogP contribution in [0.15, 0.2) is 30.6 Å². The summed E-state index contributed by atoms with van der Waals surface area (Å²) in [5.41, 5.74) is 2.30. The van der Waals surface area contributed by atoms with Crippen molar-refractivity contribution in [2.45, 2.75) is 20.5 Å². The molecule has 4 nitrogen and oxygen atoms in total. The summed E-state index contributed by atoms with van der Waals surface area (Å²) in [6.45, 7) is 3.73. The molecule has 20 heavy (non-hydrogen) atoms. The number of aryl methyl sites for hydroxylation is 2. The molecule has 0 aliphatic rings. The summed E-state index contributed by atoms with van der Waals surface area (Å²) >= 11 is 0. The Kier molecular flexibility index (Phi) is 3.98. The first-order valence-electron chi connectivity index (χ1n) is 6.04. The van der Waals surface area contributed by atoms with Crippen LogP contribution in [0.1, 0.15) is 27.0 Å². The molecule has 0 bridgehead atoms. The van der Waals surface area contributed by atoms with E-state index >= 15 is 0 Å². The Balaban J connectivity index is 2.20. The van der Waals surface area contributed by atoms with Crippen molar-refractivity contribution in [3.05, 3.63) is 58.7 Å². The first-order chi connectivity index (χ1) is 9.47. The van der Waals surface area contributed by atoms with Crippen LogP contribution >= 0.6 is 0 Å². The van der Waals surface area contributed by atoms with E-state index in [1.165, 1.54) is 12.3 Å². The first kappa shape index (κ1) is 14.0. The van der Waals surface area contributed by atoms with Gasteiger partial charge in [0.15, 0.2) is 0 Å². The number of carboxylic acids is 1. The van der Waals surface area contributed by atoms with Crippen LogP contribution in [0.4, 0.5) is 4.39 Å². The third-order valence-corrected chi connectivity index (χ3v) is 2.85. The number of halogens is 1. The van der Waals surface area contributed by atoms with Gasteiger partial charge in [0.05, 0.1) is 11.8 Å². The molecule has 0 radical (unpaired) electrons. The molecular formula is C15H14FNO3. The topological polar surface area (TPSA) is 59.4 Å². The number of pyridine rings is 1. The highest BCUT2D eigenvalue weighted by Gasteiger charge is 2.11. The van der Waals surface area contributed by atoms with E-state index in [0.29, 0.717) is 11.3 Å². The molecule has 0 aliphatic carbocycles. The van der Waals surface area contributed by atoms with E-state index < -0.39 is 11.8 Å². The molecule has 1 N–H and O–H groups in total. The van der Waals surface area contributed by atoms with Gasteiger partial charge in [-0.3, -0.25) is 4.98 Å². The number of aromatic nitrogens is 1. The van der Waals surface area contributed by atoms with Gasteiger partial charge in [0.25, 0.3) is 0 Å². The maximum absolute atomic E-state index is 13.0. The lowest BCUT2D eigenvalue weighted by Crippen LogP contribution is -2.03. The number of benzene rings is 1. The molecule has 104 valence electrons. The maximum atomic E-state index is 13.0. The fourth-order valence-electron chi connectivity index (χ4n) is 1.99. The van der Waals surface area contributed by atoms with Crippen LogP contribution in [0.5, 0.6) is 5.75 Å². The molecule has 0 unspecified atom stereocenters. The van der Waals surface area contributed by atoms with Crippen LogP contribution in [-0.4, -0.2) is 16.1 Å². The summed E-state index contributed by atoms with van der Waals surface area (Å²) in [7, 11) is 0. The Morgan fingerprint density at radius 2 is 1.90 bits per heavy atom. The number of hydrogen-bond donors (Lipinski definition) is 1. The van der Waals surface area contributed by atoms with Crippen molar-refractivity contribution in [1.29, 1.82) is 0 Å². The Labute approximate surface area is 115 Å². The highest BCUT2D eigenvalue weighted by molar-refractivity contribution is 5.88. The van der Waals surface area contributed by atoms with Crippen LogP contribution in [-0.2, 0) is 6.61 Å². The van der Waals surface area contributed by atoms with Gasteiger partial charge in [0.1, 0.15) is 18.2 Å². The standard InChI is InChI=1S/C15H14FNO3/c1-9-3-12(15(18)19)4-10(2)14(9)20-8-11-5-13(16)7-17-6-11/h3-7H,8H2,1-2H3,(H,18,19). The summed E-state index contributed by atoms with van der Waals surface area (Å²) in [4.78, 5) is 14.7. The van der Waals surface area contributed by atoms with Gasteiger partial charge in [0, 0.05) is 11.8 Å². The molecule has 0 spiro atoms. The predicted octanol–water partition coefficient (Wildman–Crippen LogP) is 3.11. The van der Waals surface area contributed by atoms with E-state index in [9.17, 15) is 9.18 Å². The van der Waals surface area contributed by atoms with Crippen molar-refractivity contribution in [2.75, 3.05) is 0 Å². The smallest absolute Gasteiger partial charge is 0.335 e. The number of carbonyl (C=O) groups is 1. The molecule has 0 amide bonds.